The Kier molecular flexibility index (Phi) is 6.01. The third-order valence-corrected chi connectivity index (χ3v) is 4.74. The second kappa shape index (κ2) is 6.94. The molecule has 1 unspecified atom stereocenters. The molecule has 0 aromatic heterocycles. The van der Waals surface area contributed by atoms with Gasteiger partial charge in [0.1, 0.15) is 10.7 Å². The van der Waals surface area contributed by atoms with Crippen molar-refractivity contribution in [3.63, 3.8) is 0 Å². The van der Waals surface area contributed by atoms with E-state index in [4.69, 9.17) is 22.3 Å². The lowest BCUT2D eigenvalue weighted by atomic mass is 10.0. The Balaban J connectivity index is 3.22. The van der Waals surface area contributed by atoms with E-state index in [-0.39, 0.29) is 22.5 Å². The van der Waals surface area contributed by atoms with E-state index in [0.29, 0.717) is 6.42 Å². The number of carbonyl (C=O) groups is 1. The second-order valence-corrected chi connectivity index (χ2v) is 7.87. The van der Waals surface area contributed by atoms with E-state index < -0.39 is 25.7 Å². The van der Waals surface area contributed by atoms with Crippen molar-refractivity contribution >= 4 is 37.2 Å². The number of hydrogen-bond donors (Lipinski definition) is 1. The van der Waals surface area contributed by atoms with Gasteiger partial charge in [0.25, 0.3) is 15.0 Å². The molecule has 118 valence electrons. The first-order chi connectivity index (χ1) is 9.57. The van der Waals surface area contributed by atoms with Crippen LogP contribution in [0, 0.1) is 11.7 Å². The number of benzene rings is 1. The van der Waals surface area contributed by atoms with E-state index >= 15 is 0 Å². The average molecular weight is 356 g/mol. The highest BCUT2D eigenvalue weighted by molar-refractivity contribution is 8.13. The third-order valence-electron chi connectivity index (χ3n) is 3.09. The normalized spacial score (nSPS) is 13.3. The van der Waals surface area contributed by atoms with Gasteiger partial charge < -0.3 is 5.32 Å². The van der Waals surface area contributed by atoms with Crippen LogP contribution in [0.2, 0.25) is 5.02 Å². The molecule has 0 aliphatic heterocycles. The molecule has 0 aliphatic rings. The van der Waals surface area contributed by atoms with Crippen molar-refractivity contribution in [3.8, 4) is 0 Å². The van der Waals surface area contributed by atoms with Crippen LogP contribution in [0.25, 0.3) is 0 Å². The van der Waals surface area contributed by atoms with Crippen LogP contribution in [0.5, 0.6) is 0 Å². The summed E-state index contributed by atoms with van der Waals surface area (Å²) in [4.78, 5) is 11.4. The lowest BCUT2D eigenvalue weighted by Gasteiger charge is -2.21. The van der Waals surface area contributed by atoms with Crippen molar-refractivity contribution in [1.82, 2.24) is 5.32 Å². The first-order valence-electron chi connectivity index (χ1n) is 6.32. The predicted octanol–water partition coefficient (Wildman–Crippen LogP) is 3.57. The van der Waals surface area contributed by atoms with Gasteiger partial charge >= 0.3 is 0 Å². The van der Waals surface area contributed by atoms with Crippen molar-refractivity contribution in [3.05, 3.63) is 28.5 Å². The molecular weight excluding hydrogens is 340 g/mol. The van der Waals surface area contributed by atoms with E-state index in [1.54, 1.807) is 0 Å². The fraction of sp³-hybridized carbons (Fsp3) is 0.462. The van der Waals surface area contributed by atoms with E-state index in [1.807, 2.05) is 20.8 Å². The summed E-state index contributed by atoms with van der Waals surface area (Å²) in [6.45, 7) is 5.79. The van der Waals surface area contributed by atoms with Gasteiger partial charge in [0.2, 0.25) is 0 Å². The fourth-order valence-electron chi connectivity index (χ4n) is 1.88. The Morgan fingerprint density at radius 3 is 2.38 bits per heavy atom. The van der Waals surface area contributed by atoms with E-state index in [2.05, 4.69) is 5.32 Å². The largest absolute Gasteiger partial charge is 0.349 e. The summed E-state index contributed by atoms with van der Waals surface area (Å²) in [7, 11) is 0.836. The first kappa shape index (κ1) is 18.2. The zero-order valence-electron chi connectivity index (χ0n) is 11.8. The van der Waals surface area contributed by atoms with Crippen molar-refractivity contribution < 1.29 is 17.6 Å². The Hall–Kier alpha value is -0.850. The smallest absolute Gasteiger partial charge is 0.264 e. The fourth-order valence-corrected chi connectivity index (χ4v) is 3.02. The molecule has 0 saturated heterocycles. The van der Waals surface area contributed by atoms with Crippen LogP contribution in [0.1, 0.15) is 37.6 Å². The summed E-state index contributed by atoms with van der Waals surface area (Å²) in [6, 6.07) is 1.51. The van der Waals surface area contributed by atoms with Crippen LogP contribution in [0.3, 0.4) is 0 Å². The zero-order chi connectivity index (χ0) is 16.4. The second-order valence-electron chi connectivity index (χ2n) is 4.93. The number of nitrogens with one attached hydrogen (secondary N) is 1. The summed E-state index contributed by atoms with van der Waals surface area (Å²) >= 11 is 5.81. The molecular formula is C13H16Cl2FNO3S. The molecule has 0 bridgehead atoms. The molecule has 0 radical (unpaired) electrons. The molecule has 0 heterocycles. The molecule has 1 amide bonds. The van der Waals surface area contributed by atoms with Gasteiger partial charge in [-0.1, -0.05) is 32.4 Å². The first-order valence-corrected chi connectivity index (χ1v) is 9.01. The summed E-state index contributed by atoms with van der Waals surface area (Å²) < 4.78 is 36.1. The Morgan fingerprint density at radius 1 is 1.38 bits per heavy atom. The van der Waals surface area contributed by atoms with Crippen molar-refractivity contribution in [2.75, 3.05) is 0 Å². The van der Waals surface area contributed by atoms with Gasteiger partial charge in [-0.05, 0) is 24.5 Å². The minimum Gasteiger partial charge on any atom is -0.349 e. The number of amides is 1. The quantitative estimate of drug-likeness (QED) is 0.821. The maximum atomic E-state index is 13.6. The van der Waals surface area contributed by atoms with E-state index in [0.717, 1.165) is 12.1 Å². The molecule has 1 rings (SSSR count). The molecule has 1 aromatic carbocycles. The van der Waals surface area contributed by atoms with Gasteiger partial charge in [-0.15, -0.1) is 0 Å². The van der Waals surface area contributed by atoms with Crippen LogP contribution in [-0.2, 0) is 9.05 Å². The van der Waals surface area contributed by atoms with Crippen molar-refractivity contribution in [1.29, 1.82) is 0 Å². The molecule has 1 aromatic rings. The minimum absolute atomic E-state index is 0.102. The van der Waals surface area contributed by atoms with Crippen LogP contribution >= 0.6 is 22.3 Å². The molecule has 1 N–H and O–H groups in total. The van der Waals surface area contributed by atoms with Crippen molar-refractivity contribution in [2.24, 2.45) is 5.92 Å². The monoisotopic (exact) mass is 355 g/mol. The van der Waals surface area contributed by atoms with Gasteiger partial charge in [0.15, 0.2) is 0 Å². The SMILES string of the molecule is CCC(NC(=O)c1cc(S(=O)(=O)Cl)c(F)cc1Cl)C(C)C. The van der Waals surface area contributed by atoms with Crippen molar-refractivity contribution in [2.45, 2.75) is 38.1 Å². The van der Waals surface area contributed by atoms with Crippen LogP contribution in [0.15, 0.2) is 17.0 Å². The summed E-state index contributed by atoms with van der Waals surface area (Å²) in [6.07, 6.45) is 0.697. The highest BCUT2D eigenvalue weighted by Gasteiger charge is 2.23. The molecule has 0 aliphatic carbocycles. The summed E-state index contributed by atoms with van der Waals surface area (Å²) in [5.41, 5.74) is -0.128. The van der Waals surface area contributed by atoms with Gasteiger partial charge in [-0.2, -0.15) is 0 Å². The predicted molar refractivity (Wildman–Crippen MR) is 80.8 cm³/mol. The summed E-state index contributed by atoms with van der Waals surface area (Å²) in [5.74, 6) is -1.47. The molecule has 0 spiro atoms. The topological polar surface area (TPSA) is 63.2 Å². The number of halogens is 3. The Labute approximate surface area is 133 Å². The third kappa shape index (κ3) is 4.56. The molecule has 21 heavy (non-hydrogen) atoms. The number of hydrogen-bond acceptors (Lipinski definition) is 3. The van der Waals surface area contributed by atoms with Gasteiger partial charge in [0.05, 0.1) is 10.6 Å². The van der Waals surface area contributed by atoms with E-state index in [1.165, 1.54) is 0 Å². The zero-order valence-corrected chi connectivity index (χ0v) is 14.1. The Morgan fingerprint density at radius 2 is 1.95 bits per heavy atom. The van der Waals surface area contributed by atoms with Crippen LogP contribution in [-0.4, -0.2) is 20.4 Å². The lowest BCUT2D eigenvalue weighted by Crippen LogP contribution is -2.38. The molecule has 4 nitrogen and oxygen atoms in total. The van der Waals surface area contributed by atoms with Gasteiger partial charge in [-0.25, -0.2) is 12.8 Å². The lowest BCUT2D eigenvalue weighted by molar-refractivity contribution is 0.0924. The molecule has 0 fully saturated rings. The molecule has 8 heteroatoms. The molecule has 1 atom stereocenters. The number of rotatable bonds is 5. The van der Waals surface area contributed by atoms with Gasteiger partial charge in [0, 0.05) is 16.7 Å². The minimum atomic E-state index is -4.30. The average Bonchev–Trinajstić information content (AvgIpc) is 2.33. The molecule has 0 saturated carbocycles. The highest BCUT2D eigenvalue weighted by Crippen LogP contribution is 2.26. The van der Waals surface area contributed by atoms with Gasteiger partial charge in [-0.3, -0.25) is 4.79 Å². The van der Waals surface area contributed by atoms with E-state index in [9.17, 15) is 17.6 Å². The highest BCUT2D eigenvalue weighted by atomic mass is 35.7. The number of carbonyl (C=O) groups excluding carboxylic acids is 1. The maximum absolute atomic E-state index is 13.6. The van der Waals surface area contributed by atoms with Crippen LogP contribution < -0.4 is 5.32 Å². The standard InChI is InChI=1S/C13H16Cl2FNO3S/c1-4-11(7(2)3)17-13(18)8-5-12(21(15,19)20)10(16)6-9(8)14/h5-7,11H,4H2,1-3H3,(H,17,18). The maximum Gasteiger partial charge on any atom is 0.264 e. The van der Waals surface area contributed by atoms with Crippen LogP contribution in [0.4, 0.5) is 4.39 Å². The summed E-state index contributed by atoms with van der Waals surface area (Å²) in [5, 5.41) is 2.56. The Bertz CT molecular complexity index is 647.